The van der Waals surface area contributed by atoms with Gasteiger partial charge >= 0.3 is 5.23 Å². The summed E-state index contributed by atoms with van der Waals surface area (Å²) < 4.78 is 42.1. The van der Waals surface area contributed by atoms with E-state index in [1.807, 2.05) is 19.1 Å². The zero-order valence-electron chi connectivity index (χ0n) is 14.6. The number of aliphatic imine (C=N–C) groups is 1. The summed E-state index contributed by atoms with van der Waals surface area (Å²) in [4.78, 5) is 4.07. The van der Waals surface area contributed by atoms with E-state index in [1.165, 1.54) is 0 Å². The molecule has 2 aromatic rings. The van der Waals surface area contributed by atoms with Crippen LogP contribution in [0.1, 0.15) is 5.56 Å². The highest BCUT2D eigenvalue weighted by atomic mass is 79.9. The fraction of sp³-hybridized carbons (Fsp3) is 0.278. The Balaban J connectivity index is 2.15. The number of aryl methyl sites for hydroxylation is 1. The summed E-state index contributed by atoms with van der Waals surface area (Å²) >= 11 is 3.44. The van der Waals surface area contributed by atoms with E-state index in [0.29, 0.717) is 22.5 Å². The first-order valence-electron chi connectivity index (χ1n) is 7.83. The van der Waals surface area contributed by atoms with E-state index in [0.717, 1.165) is 16.7 Å². The van der Waals surface area contributed by atoms with Crippen molar-refractivity contribution in [2.45, 2.75) is 11.8 Å². The smallest absolute Gasteiger partial charge is 0.310 e. The Kier molecular flexibility index (Phi) is 5.24. The molecule has 0 atom stereocenters. The van der Waals surface area contributed by atoms with Crippen molar-refractivity contribution in [3.05, 3.63) is 40.4 Å². The molecule has 1 heterocycles. The Bertz CT molecular complexity index is 960. The van der Waals surface area contributed by atoms with E-state index >= 15 is 0 Å². The molecule has 0 radical (unpaired) electrons. The minimum atomic E-state index is -3.77. The molecule has 138 valence electrons. The lowest BCUT2D eigenvalue weighted by molar-refractivity contribution is 0.353. The van der Waals surface area contributed by atoms with Crippen molar-refractivity contribution in [1.29, 1.82) is 0 Å². The van der Waals surface area contributed by atoms with Crippen LogP contribution in [0.2, 0.25) is 0 Å². The molecule has 26 heavy (non-hydrogen) atoms. The van der Waals surface area contributed by atoms with Gasteiger partial charge in [0.1, 0.15) is 22.6 Å². The molecule has 0 aromatic heterocycles. The maximum absolute atomic E-state index is 12.7. The third-order valence-corrected chi connectivity index (χ3v) is 6.43. The standard InChI is InChI=1S/C18H18BrNO5S/c1-11-4-5-13(26(21,22)18-20-6-7-25-18)10-14(11)12-8-15(23-2)17(19)16(9-12)24-3/h4-5,8-10H,6-7H2,1-3H3. The number of hydrogen-bond acceptors (Lipinski definition) is 6. The second-order valence-electron chi connectivity index (χ2n) is 5.67. The molecule has 8 heteroatoms. The minimum Gasteiger partial charge on any atom is -0.495 e. The fourth-order valence-electron chi connectivity index (χ4n) is 2.68. The topological polar surface area (TPSA) is 74.2 Å². The van der Waals surface area contributed by atoms with Crippen LogP contribution in [0.5, 0.6) is 11.5 Å². The predicted molar refractivity (Wildman–Crippen MR) is 103 cm³/mol. The van der Waals surface area contributed by atoms with Crippen molar-refractivity contribution in [3.8, 4) is 22.6 Å². The Morgan fingerprint density at radius 3 is 2.31 bits per heavy atom. The van der Waals surface area contributed by atoms with Gasteiger partial charge in [-0.05, 0) is 63.8 Å². The minimum absolute atomic E-state index is 0.139. The molecule has 0 aliphatic carbocycles. The summed E-state index contributed by atoms with van der Waals surface area (Å²) in [6, 6.07) is 8.60. The number of methoxy groups -OCH3 is 2. The molecule has 0 saturated carbocycles. The molecule has 1 aliphatic heterocycles. The summed E-state index contributed by atoms with van der Waals surface area (Å²) in [6.45, 7) is 2.55. The Labute approximate surface area is 160 Å². The SMILES string of the molecule is COc1cc(-c2cc(S(=O)(=O)C3=NCCO3)ccc2C)cc(OC)c1Br. The summed E-state index contributed by atoms with van der Waals surface area (Å²) in [5.74, 6) is 1.19. The molecule has 1 aliphatic rings. The molecular weight excluding hydrogens is 422 g/mol. The van der Waals surface area contributed by atoms with Crippen molar-refractivity contribution < 1.29 is 22.6 Å². The molecule has 0 fully saturated rings. The lowest BCUT2D eigenvalue weighted by Crippen LogP contribution is -2.15. The molecule has 3 rings (SSSR count). The zero-order chi connectivity index (χ0) is 18.9. The van der Waals surface area contributed by atoms with E-state index in [4.69, 9.17) is 14.2 Å². The van der Waals surface area contributed by atoms with Crippen LogP contribution >= 0.6 is 15.9 Å². The number of nitrogens with zero attached hydrogens (tertiary/aromatic N) is 1. The molecule has 0 saturated heterocycles. The molecule has 6 nitrogen and oxygen atoms in total. The Morgan fingerprint density at radius 1 is 1.12 bits per heavy atom. The first-order valence-corrected chi connectivity index (χ1v) is 10.1. The van der Waals surface area contributed by atoms with Crippen LogP contribution < -0.4 is 9.47 Å². The van der Waals surface area contributed by atoms with E-state index in [2.05, 4.69) is 20.9 Å². The van der Waals surface area contributed by atoms with Crippen LogP contribution in [0.4, 0.5) is 0 Å². The van der Waals surface area contributed by atoms with Crippen LogP contribution in [-0.4, -0.2) is 41.0 Å². The molecule has 0 spiro atoms. The quantitative estimate of drug-likeness (QED) is 0.727. The van der Waals surface area contributed by atoms with Crippen LogP contribution in [0.15, 0.2) is 44.7 Å². The van der Waals surface area contributed by atoms with Crippen molar-refractivity contribution >= 4 is 31.0 Å². The van der Waals surface area contributed by atoms with Crippen molar-refractivity contribution in [2.75, 3.05) is 27.4 Å². The highest BCUT2D eigenvalue weighted by Gasteiger charge is 2.27. The Hall–Kier alpha value is -2.06. The average Bonchev–Trinajstić information content (AvgIpc) is 3.18. The van der Waals surface area contributed by atoms with Gasteiger partial charge < -0.3 is 14.2 Å². The first-order chi connectivity index (χ1) is 12.4. The number of benzene rings is 2. The fourth-order valence-corrected chi connectivity index (χ4v) is 4.46. The normalized spacial score (nSPS) is 13.9. The largest absolute Gasteiger partial charge is 0.495 e. The first kappa shape index (κ1) is 18.7. The maximum Gasteiger partial charge on any atom is 0.310 e. The van der Waals surface area contributed by atoms with E-state index in [9.17, 15) is 8.42 Å². The van der Waals surface area contributed by atoms with Gasteiger partial charge in [-0.15, -0.1) is 0 Å². The zero-order valence-corrected chi connectivity index (χ0v) is 17.0. The monoisotopic (exact) mass is 439 g/mol. The molecule has 0 N–H and O–H groups in total. The number of halogens is 1. The molecule has 0 amide bonds. The van der Waals surface area contributed by atoms with E-state index < -0.39 is 9.84 Å². The van der Waals surface area contributed by atoms with Gasteiger partial charge in [-0.25, -0.2) is 13.4 Å². The van der Waals surface area contributed by atoms with Crippen molar-refractivity contribution in [3.63, 3.8) is 0 Å². The number of hydrogen-bond donors (Lipinski definition) is 0. The molecule has 2 aromatic carbocycles. The van der Waals surface area contributed by atoms with Gasteiger partial charge in [-0.1, -0.05) is 6.07 Å². The van der Waals surface area contributed by atoms with Gasteiger partial charge in [0.15, 0.2) is 0 Å². The van der Waals surface area contributed by atoms with Gasteiger partial charge in [-0.2, -0.15) is 0 Å². The van der Waals surface area contributed by atoms with Crippen molar-refractivity contribution in [2.24, 2.45) is 4.99 Å². The highest BCUT2D eigenvalue weighted by Crippen LogP contribution is 2.40. The second-order valence-corrected chi connectivity index (χ2v) is 8.29. The number of ether oxygens (including phenoxy) is 3. The predicted octanol–water partition coefficient (Wildman–Crippen LogP) is 3.60. The lowest BCUT2D eigenvalue weighted by atomic mass is 10.00. The van der Waals surface area contributed by atoms with E-state index in [-0.39, 0.29) is 16.7 Å². The third-order valence-electron chi connectivity index (χ3n) is 4.06. The van der Waals surface area contributed by atoms with Crippen LogP contribution in [0.3, 0.4) is 0 Å². The molecular formula is C18H18BrNO5S. The summed E-state index contributed by atoms with van der Waals surface area (Å²) in [5.41, 5.74) is 2.46. The average molecular weight is 440 g/mol. The van der Waals surface area contributed by atoms with Crippen LogP contribution in [0, 0.1) is 6.92 Å². The van der Waals surface area contributed by atoms with E-state index in [1.54, 1.807) is 32.4 Å². The third kappa shape index (κ3) is 3.31. The number of rotatable bonds is 4. The van der Waals surface area contributed by atoms with Gasteiger partial charge in [0.25, 0.3) is 9.84 Å². The molecule has 0 unspecified atom stereocenters. The molecule has 0 bridgehead atoms. The summed E-state index contributed by atoms with van der Waals surface area (Å²) in [7, 11) is -0.645. The van der Waals surface area contributed by atoms with Gasteiger partial charge in [0, 0.05) is 0 Å². The van der Waals surface area contributed by atoms with Gasteiger partial charge in [0.05, 0.1) is 25.7 Å². The van der Waals surface area contributed by atoms with Crippen LogP contribution in [-0.2, 0) is 14.6 Å². The second kappa shape index (κ2) is 7.28. The lowest BCUT2D eigenvalue weighted by Gasteiger charge is -2.14. The Morgan fingerprint density at radius 2 is 1.77 bits per heavy atom. The van der Waals surface area contributed by atoms with Crippen molar-refractivity contribution in [1.82, 2.24) is 0 Å². The van der Waals surface area contributed by atoms with Gasteiger partial charge in [-0.3, -0.25) is 0 Å². The van der Waals surface area contributed by atoms with Gasteiger partial charge in [0.2, 0.25) is 0 Å². The summed E-state index contributed by atoms with van der Waals surface area (Å²) in [6.07, 6.45) is 0. The van der Waals surface area contributed by atoms with Crippen LogP contribution in [0.25, 0.3) is 11.1 Å². The number of sulfone groups is 1. The maximum atomic E-state index is 12.7. The highest BCUT2D eigenvalue weighted by molar-refractivity contribution is 9.10. The summed E-state index contributed by atoms with van der Waals surface area (Å²) in [5, 5.41) is -0.224.